The lowest BCUT2D eigenvalue weighted by Gasteiger charge is -2.45. The van der Waals surface area contributed by atoms with Crippen LogP contribution >= 0.6 is 0 Å². The Hall–Kier alpha value is -2.74. The third-order valence-electron chi connectivity index (χ3n) is 5.12. The van der Waals surface area contributed by atoms with Crippen LogP contribution in [0.2, 0.25) is 0 Å². The minimum atomic E-state index is -0.349. The number of hydrogen-bond donors (Lipinski definition) is 1. The van der Waals surface area contributed by atoms with E-state index in [1.807, 2.05) is 30.3 Å². The fourth-order valence-electron chi connectivity index (χ4n) is 4.07. The molecule has 1 aliphatic heterocycles. The summed E-state index contributed by atoms with van der Waals surface area (Å²) < 4.78 is 6.41. The highest BCUT2D eigenvalue weighted by Gasteiger charge is 2.45. The minimum Gasteiger partial charge on any atom is -0.508 e. The van der Waals surface area contributed by atoms with Gasteiger partial charge in [0.05, 0.1) is 0 Å². The van der Waals surface area contributed by atoms with Gasteiger partial charge in [-0.2, -0.15) is 0 Å². The van der Waals surface area contributed by atoms with Crippen molar-refractivity contribution in [1.82, 2.24) is 0 Å². The summed E-state index contributed by atoms with van der Waals surface area (Å²) in [4.78, 5) is 0. The second-order valence-electron chi connectivity index (χ2n) is 7.20. The summed E-state index contributed by atoms with van der Waals surface area (Å²) in [5.41, 5.74) is 3.30. The zero-order valence-electron chi connectivity index (χ0n) is 14.5. The summed E-state index contributed by atoms with van der Waals surface area (Å²) >= 11 is 0. The number of hydrogen-bond acceptors (Lipinski definition) is 2. The van der Waals surface area contributed by atoms with Gasteiger partial charge in [-0.05, 0) is 43.2 Å². The van der Waals surface area contributed by atoms with Crippen LogP contribution in [0.3, 0.4) is 0 Å². The molecule has 0 fully saturated rings. The van der Waals surface area contributed by atoms with Crippen LogP contribution in [0, 0.1) is 0 Å². The van der Waals surface area contributed by atoms with Crippen LogP contribution in [-0.4, -0.2) is 10.7 Å². The van der Waals surface area contributed by atoms with Crippen molar-refractivity contribution >= 4 is 0 Å². The number of ether oxygens (including phenoxy) is 1. The molecule has 0 unspecified atom stereocenters. The molecule has 0 spiro atoms. The topological polar surface area (TPSA) is 29.5 Å². The van der Waals surface area contributed by atoms with Crippen LogP contribution < -0.4 is 4.74 Å². The van der Waals surface area contributed by atoms with E-state index < -0.39 is 0 Å². The van der Waals surface area contributed by atoms with Crippen molar-refractivity contribution in [1.29, 1.82) is 0 Å². The number of rotatable bonds is 2. The van der Waals surface area contributed by atoms with Gasteiger partial charge in [-0.25, -0.2) is 0 Å². The van der Waals surface area contributed by atoms with Crippen molar-refractivity contribution in [3.8, 4) is 11.5 Å². The van der Waals surface area contributed by atoms with Crippen LogP contribution in [0.15, 0.2) is 78.9 Å². The average Bonchev–Trinajstić information content (AvgIpc) is 2.61. The van der Waals surface area contributed by atoms with Gasteiger partial charge in [0.25, 0.3) is 0 Å². The predicted octanol–water partition coefficient (Wildman–Crippen LogP) is 5.48. The number of benzene rings is 3. The summed E-state index contributed by atoms with van der Waals surface area (Å²) in [6.07, 6.45) is 0. The predicted molar refractivity (Wildman–Crippen MR) is 100 cm³/mol. The van der Waals surface area contributed by atoms with Crippen LogP contribution in [-0.2, 0) is 0 Å². The standard InChI is InChI=1S/C23H22O2/c1-23(2)22(17-8-4-3-5-9-17)21(16-12-14-18(24)15-13-16)19-10-6-7-11-20(19)25-23/h3-15,21-22,24H,1-2H3/t21-,22+/m1/s1. The smallest absolute Gasteiger partial charge is 0.123 e. The molecule has 2 heteroatoms. The number of phenols is 1. The van der Waals surface area contributed by atoms with Gasteiger partial charge < -0.3 is 9.84 Å². The van der Waals surface area contributed by atoms with Gasteiger partial charge in [0.2, 0.25) is 0 Å². The number of phenolic OH excluding ortho intramolecular Hbond substituents is 1. The van der Waals surface area contributed by atoms with Gasteiger partial charge in [0.15, 0.2) is 0 Å². The van der Waals surface area contributed by atoms with E-state index in [1.165, 1.54) is 16.7 Å². The Balaban J connectivity index is 1.94. The molecule has 1 heterocycles. The summed E-state index contributed by atoms with van der Waals surface area (Å²) in [6.45, 7) is 4.32. The Labute approximate surface area is 148 Å². The van der Waals surface area contributed by atoms with Crippen LogP contribution in [0.25, 0.3) is 0 Å². The Kier molecular flexibility index (Phi) is 3.76. The molecule has 4 rings (SSSR count). The van der Waals surface area contributed by atoms with E-state index in [2.05, 4.69) is 50.2 Å². The summed E-state index contributed by atoms with van der Waals surface area (Å²) in [5, 5.41) is 9.71. The molecule has 3 aromatic rings. The molecule has 1 N–H and O–H groups in total. The van der Waals surface area contributed by atoms with Crippen molar-refractivity contribution in [2.45, 2.75) is 31.3 Å². The highest BCUT2D eigenvalue weighted by molar-refractivity contribution is 5.50. The second kappa shape index (κ2) is 5.96. The molecule has 0 radical (unpaired) electrons. The van der Waals surface area contributed by atoms with Gasteiger partial charge in [-0.15, -0.1) is 0 Å². The number of para-hydroxylation sites is 1. The average molecular weight is 330 g/mol. The first kappa shape index (κ1) is 15.8. The first-order chi connectivity index (χ1) is 12.1. The van der Waals surface area contributed by atoms with Crippen molar-refractivity contribution in [3.63, 3.8) is 0 Å². The maximum Gasteiger partial charge on any atom is 0.123 e. The van der Waals surface area contributed by atoms with Gasteiger partial charge in [-0.1, -0.05) is 60.7 Å². The lowest BCUT2D eigenvalue weighted by molar-refractivity contribution is 0.0531. The third-order valence-corrected chi connectivity index (χ3v) is 5.12. The van der Waals surface area contributed by atoms with Gasteiger partial charge in [0, 0.05) is 17.4 Å². The minimum absolute atomic E-state index is 0.169. The first-order valence-corrected chi connectivity index (χ1v) is 8.68. The molecule has 2 atom stereocenters. The van der Waals surface area contributed by atoms with E-state index in [1.54, 1.807) is 12.1 Å². The highest BCUT2D eigenvalue weighted by atomic mass is 16.5. The van der Waals surface area contributed by atoms with E-state index in [4.69, 9.17) is 4.74 Å². The Morgan fingerprint density at radius 1 is 0.760 bits per heavy atom. The third kappa shape index (κ3) is 2.78. The largest absolute Gasteiger partial charge is 0.508 e. The van der Waals surface area contributed by atoms with Gasteiger partial charge in [0.1, 0.15) is 17.1 Å². The molecule has 1 aliphatic rings. The Bertz CT molecular complexity index is 866. The zero-order chi connectivity index (χ0) is 17.4. The summed E-state index contributed by atoms with van der Waals surface area (Å²) in [5.74, 6) is 1.58. The highest BCUT2D eigenvalue weighted by Crippen LogP contribution is 2.52. The number of aromatic hydroxyl groups is 1. The molecule has 0 aromatic heterocycles. The summed E-state index contributed by atoms with van der Waals surface area (Å²) in [7, 11) is 0. The normalized spacial score (nSPS) is 21.2. The van der Waals surface area contributed by atoms with E-state index >= 15 is 0 Å². The van der Waals surface area contributed by atoms with E-state index in [-0.39, 0.29) is 17.4 Å². The second-order valence-corrected chi connectivity index (χ2v) is 7.20. The van der Waals surface area contributed by atoms with Crippen LogP contribution in [0.1, 0.15) is 42.4 Å². The molecule has 0 saturated carbocycles. The maximum absolute atomic E-state index is 9.71. The maximum atomic E-state index is 9.71. The molecule has 0 saturated heterocycles. The quantitative estimate of drug-likeness (QED) is 0.674. The van der Waals surface area contributed by atoms with Crippen molar-refractivity contribution in [2.24, 2.45) is 0 Å². The molecular formula is C23H22O2. The molecular weight excluding hydrogens is 308 g/mol. The van der Waals surface area contributed by atoms with Crippen molar-refractivity contribution < 1.29 is 9.84 Å². The Morgan fingerprint density at radius 3 is 2.12 bits per heavy atom. The van der Waals surface area contributed by atoms with Crippen molar-refractivity contribution in [2.75, 3.05) is 0 Å². The fourth-order valence-corrected chi connectivity index (χ4v) is 4.07. The first-order valence-electron chi connectivity index (χ1n) is 8.68. The lowest BCUT2D eigenvalue weighted by Crippen LogP contribution is -2.43. The lowest BCUT2D eigenvalue weighted by atomic mass is 9.68. The van der Waals surface area contributed by atoms with Crippen molar-refractivity contribution in [3.05, 3.63) is 95.6 Å². The van der Waals surface area contributed by atoms with Crippen LogP contribution in [0.5, 0.6) is 11.5 Å². The summed E-state index contributed by atoms with van der Waals surface area (Å²) in [6, 6.07) is 26.4. The fraction of sp³-hybridized carbons (Fsp3) is 0.217. The Morgan fingerprint density at radius 2 is 1.40 bits per heavy atom. The number of fused-ring (bicyclic) bond motifs is 1. The molecule has 0 aliphatic carbocycles. The molecule has 3 aromatic carbocycles. The van der Waals surface area contributed by atoms with E-state index in [9.17, 15) is 5.11 Å². The van der Waals surface area contributed by atoms with E-state index in [0.717, 1.165) is 5.75 Å². The monoisotopic (exact) mass is 330 g/mol. The van der Waals surface area contributed by atoms with Crippen LogP contribution in [0.4, 0.5) is 0 Å². The van der Waals surface area contributed by atoms with Gasteiger partial charge >= 0.3 is 0 Å². The molecule has 2 nitrogen and oxygen atoms in total. The zero-order valence-corrected chi connectivity index (χ0v) is 14.5. The SMILES string of the molecule is CC1(C)Oc2ccccc2[C@@H](c2ccc(O)cc2)[C@@H]1c1ccccc1. The van der Waals surface area contributed by atoms with E-state index in [0.29, 0.717) is 5.75 Å². The van der Waals surface area contributed by atoms with Gasteiger partial charge in [-0.3, -0.25) is 0 Å². The molecule has 126 valence electrons. The molecule has 25 heavy (non-hydrogen) atoms. The molecule has 0 amide bonds. The molecule has 0 bridgehead atoms.